The van der Waals surface area contributed by atoms with E-state index in [2.05, 4.69) is 10.2 Å². The van der Waals surface area contributed by atoms with E-state index in [1.807, 2.05) is 43.3 Å². The molecule has 1 aliphatic heterocycles. The smallest absolute Gasteiger partial charge is 0.292 e. The molecule has 1 heterocycles. The van der Waals surface area contributed by atoms with Gasteiger partial charge in [0, 0.05) is 31.4 Å². The van der Waals surface area contributed by atoms with Gasteiger partial charge in [-0.15, -0.1) is 0 Å². The van der Waals surface area contributed by atoms with Crippen molar-refractivity contribution < 1.29 is 9.66 Å². The summed E-state index contributed by atoms with van der Waals surface area (Å²) in [6.45, 7) is 4.97. The van der Waals surface area contributed by atoms with Gasteiger partial charge in [0.15, 0.2) is 0 Å². The highest BCUT2D eigenvalue weighted by molar-refractivity contribution is 5.69. The van der Waals surface area contributed by atoms with Crippen molar-refractivity contribution >= 4 is 17.1 Å². The molecule has 0 spiro atoms. The summed E-state index contributed by atoms with van der Waals surface area (Å²) in [5.74, 6) is 0.809. The summed E-state index contributed by atoms with van der Waals surface area (Å²) in [4.78, 5) is 13.3. The molecule has 0 bridgehead atoms. The Morgan fingerprint density at radius 1 is 1.15 bits per heavy atom. The molecule has 6 nitrogen and oxygen atoms in total. The molecule has 1 aliphatic rings. The Morgan fingerprint density at radius 3 is 2.69 bits per heavy atom. The quantitative estimate of drug-likeness (QED) is 0.453. The number of nitro groups is 1. The number of hydrogen-bond donors (Lipinski definition) is 1. The van der Waals surface area contributed by atoms with E-state index in [1.54, 1.807) is 6.07 Å². The molecule has 0 unspecified atom stereocenters. The normalized spacial score (nSPS) is 14.1. The minimum Gasteiger partial charge on any atom is -0.492 e. The van der Waals surface area contributed by atoms with Crippen LogP contribution in [0.5, 0.6) is 5.75 Å². The van der Waals surface area contributed by atoms with Crippen molar-refractivity contribution in [3.05, 3.63) is 58.1 Å². The fraction of sp³-hybridized carbons (Fsp3) is 0.400. The molecule has 3 rings (SSSR count). The second-order valence-electron chi connectivity index (χ2n) is 6.60. The molecule has 2 aromatic carbocycles. The van der Waals surface area contributed by atoms with Crippen molar-refractivity contribution in [2.45, 2.75) is 26.2 Å². The number of benzene rings is 2. The molecule has 0 amide bonds. The largest absolute Gasteiger partial charge is 0.492 e. The fourth-order valence-corrected chi connectivity index (χ4v) is 3.23. The van der Waals surface area contributed by atoms with Crippen LogP contribution in [0.3, 0.4) is 0 Å². The van der Waals surface area contributed by atoms with Crippen LogP contribution in [-0.2, 0) is 0 Å². The zero-order valence-corrected chi connectivity index (χ0v) is 15.1. The molecule has 26 heavy (non-hydrogen) atoms. The monoisotopic (exact) mass is 355 g/mol. The Balaban J connectivity index is 1.63. The van der Waals surface area contributed by atoms with E-state index in [1.165, 1.54) is 19.3 Å². The maximum Gasteiger partial charge on any atom is 0.292 e. The van der Waals surface area contributed by atoms with E-state index in [0.29, 0.717) is 18.8 Å². The van der Waals surface area contributed by atoms with Crippen LogP contribution in [0.1, 0.15) is 24.8 Å². The predicted octanol–water partition coefficient (Wildman–Crippen LogP) is 4.38. The number of nitro benzene ring substituents is 1. The number of nitrogens with zero attached hydrogens (tertiary/aromatic N) is 2. The molecule has 0 aliphatic carbocycles. The maximum absolute atomic E-state index is 11.3. The fourth-order valence-electron chi connectivity index (χ4n) is 3.23. The van der Waals surface area contributed by atoms with Crippen LogP contribution in [0, 0.1) is 17.0 Å². The van der Waals surface area contributed by atoms with Crippen molar-refractivity contribution in [1.29, 1.82) is 0 Å². The maximum atomic E-state index is 11.3. The SMILES string of the molecule is Cc1cccc(OCCNc2cc(N3CCCCC3)ccc2[N+](=O)[O-])c1. The molecule has 1 saturated heterocycles. The first-order chi connectivity index (χ1) is 12.6. The summed E-state index contributed by atoms with van der Waals surface area (Å²) >= 11 is 0. The molecule has 6 heteroatoms. The van der Waals surface area contributed by atoms with Gasteiger partial charge in [-0.3, -0.25) is 10.1 Å². The third kappa shape index (κ3) is 4.65. The third-order valence-electron chi connectivity index (χ3n) is 4.57. The van der Waals surface area contributed by atoms with E-state index < -0.39 is 0 Å². The van der Waals surface area contributed by atoms with Crippen LogP contribution >= 0.6 is 0 Å². The van der Waals surface area contributed by atoms with Gasteiger partial charge in [-0.2, -0.15) is 0 Å². The van der Waals surface area contributed by atoms with E-state index in [-0.39, 0.29) is 10.6 Å². The summed E-state index contributed by atoms with van der Waals surface area (Å²) < 4.78 is 5.71. The lowest BCUT2D eigenvalue weighted by atomic mass is 10.1. The van der Waals surface area contributed by atoms with Crippen molar-refractivity contribution in [1.82, 2.24) is 0 Å². The Morgan fingerprint density at radius 2 is 1.96 bits per heavy atom. The lowest BCUT2D eigenvalue weighted by Crippen LogP contribution is -2.29. The van der Waals surface area contributed by atoms with E-state index >= 15 is 0 Å². The van der Waals surface area contributed by atoms with E-state index in [0.717, 1.165) is 30.1 Å². The van der Waals surface area contributed by atoms with E-state index in [4.69, 9.17) is 4.74 Å². The average molecular weight is 355 g/mol. The van der Waals surface area contributed by atoms with Gasteiger partial charge in [0.1, 0.15) is 18.0 Å². The second kappa shape index (κ2) is 8.56. The third-order valence-corrected chi connectivity index (χ3v) is 4.57. The highest BCUT2D eigenvalue weighted by Gasteiger charge is 2.17. The lowest BCUT2D eigenvalue weighted by Gasteiger charge is -2.29. The second-order valence-corrected chi connectivity index (χ2v) is 6.60. The van der Waals surface area contributed by atoms with Crippen molar-refractivity contribution in [2.75, 3.05) is 36.5 Å². The van der Waals surface area contributed by atoms with Crippen molar-refractivity contribution in [3.63, 3.8) is 0 Å². The number of rotatable bonds is 7. The molecule has 1 N–H and O–H groups in total. The minimum absolute atomic E-state index is 0.0984. The Kier molecular flexibility index (Phi) is 5.94. The molecule has 0 atom stereocenters. The summed E-state index contributed by atoms with van der Waals surface area (Å²) in [7, 11) is 0. The number of anilines is 2. The topological polar surface area (TPSA) is 67.6 Å². The summed E-state index contributed by atoms with van der Waals surface area (Å²) in [5, 5.41) is 14.5. The number of aryl methyl sites for hydroxylation is 1. The Labute approximate surface area is 153 Å². The van der Waals surface area contributed by atoms with Crippen LogP contribution in [0.15, 0.2) is 42.5 Å². The summed E-state index contributed by atoms with van der Waals surface area (Å²) in [6.07, 6.45) is 3.60. The number of nitrogens with one attached hydrogen (secondary N) is 1. The highest BCUT2D eigenvalue weighted by atomic mass is 16.6. The van der Waals surface area contributed by atoms with Gasteiger partial charge in [-0.25, -0.2) is 0 Å². The number of piperidine rings is 1. The standard InChI is InChI=1S/C20H25N3O3/c1-16-6-5-7-18(14-16)26-13-10-21-19-15-17(8-9-20(19)23(24)25)22-11-3-2-4-12-22/h5-9,14-15,21H,2-4,10-13H2,1H3. The molecule has 0 radical (unpaired) electrons. The van der Waals surface area contributed by atoms with Gasteiger partial charge in [0.05, 0.1) is 4.92 Å². The zero-order chi connectivity index (χ0) is 18.4. The molecular weight excluding hydrogens is 330 g/mol. The Bertz CT molecular complexity index is 758. The number of ether oxygens (including phenoxy) is 1. The van der Waals surface area contributed by atoms with Gasteiger partial charge >= 0.3 is 0 Å². The highest BCUT2D eigenvalue weighted by Crippen LogP contribution is 2.30. The van der Waals surface area contributed by atoms with Gasteiger partial charge in [-0.05, 0) is 56.0 Å². The van der Waals surface area contributed by atoms with Crippen LogP contribution < -0.4 is 15.0 Å². The van der Waals surface area contributed by atoms with Crippen molar-refractivity contribution in [2.24, 2.45) is 0 Å². The van der Waals surface area contributed by atoms with Crippen LogP contribution in [0.25, 0.3) is 0 Å². The molecule has 0 saturated carbocycles. The number of hydrogen-bond acceptors (Lipinski definition) is 5. The summed E-state index contributed by atoms with van der Waals surface area (Å²) in [5.41, 5.74) is 2.82. The first-order valence-electron chi connectivity index (χ1n) is 9.10. The summed E-state index contributed by atoms with van der Waals surface area (Å²) in [6, 6.07) is 13.2. The van der Waals surface area contributed by atoms with Gasteiger partial charge in [0.25, 0.3) is 5.69 Å². The van der Waals surface area contributed by atoms with E-state index in [9.17, 15) is 10.1 Å². The van der Waals surface area contributed by atoms with Crippen LogP contribution in [0.4, 0.5) is 17.1 Å². The van der Waals surface area contributed by atoms with Gasteiger partial charge in [0.2, 0.25) is 0 Å². The molecule has 138 valence electrons. The zero-order valence-electron chi connectivity index (χ0n) is 15.1. The molecule has 1 fully saturated rings. The molecule has 0 aromatic heterocycles. The lowest BCUT2D eigenvalue weighted by molar-refractivity contribution is -0.383. The molecule has 2 aromatic rings. The first-order valence-corrected chi connectivity index (χ1v) is 9.10. The average Bonchev–Trinajstić information content (AvgIpc) is 2.66. The Hall–Kier alpha value is -2.76. The molecular formula is C20H25N3O3. The van der Waals surface area contributed by atoms with Crippen LogP contribution in [0.2, 0.25) is 0 Å². The van der Waals surface area contributed by atoms with Crippen molar-refractivity contribution in [3.8, 4) is 5.75 Å². The van der Waals surface area contributed by atoms with Gasteiger partial charge in [-0.1, -0.05) is 12.1 Å². The predicted molar refractivity (Wildman–Crippen MR) is 104 cm³/mol. The van der Waals surface area contributed by atoms with Crippen LogP contribution in [-0.4, -0.2) is 31.2 Å². The first kappa shape index (κ1) is 18.0. The minimum atomic E-state index is -0.344. The van der Waals surface area contributed by atoms with Gasteiger partial charge < -0.3 is 15.0 Å².